The highest BCUT2D eigenvalue weighted by molar-refractivity contribution is 5.75. The zero-order chi connectivity index (χ0) is 12.7. The van der Waals surface area contributed by atoms with Crippen LogP contribution >= 0.6 is 0 Å². The van der Waals surface area contributed by atoms with Crippen LogP contribution in [-0.2, 0) is 11.3 Å². The van der Waals surface area contributed by atoms with Crippen LogP contribution in [-0.4, -0.2) is 22.4 Å². The largest absolute Gasteiger partial charge is 0.349 e. The molecule has 1 rings (SSSR count). The first-order valence-corrected chi connectivity index (χ1v) is 5.98. The molecule has 5 heteroatoms. The second kappa shape index (κ2) is 6.39. The van der Waals surface area contributed by atoms with Crippen LogP contribution in [0.5, 0.6) is 0 Å². The highest BCUT2D eigenvalue weighted by atomic mass is 16.1. The molecule has 1 heterocycles. The molecule has 0 spiro atoms. The van der Waals surface area contributed by atoms with Gasteiger partial charge in [-0.25, -0.2) is 4.98 Å². The van der Waals surface area contributed by atoms with Gasteiger partial charge in [-0.15, -0.1) is 0 Å². The van der Waals surface area contributed by atoms with Gasteiger partial charge in [-0.2, -0.15) is 0 Å². The van der Waals surface area contributed by atoms with Crippen molar-refractivity contribution in [1.82, 2.24) is 15.3 Å². The van der Waals surface area contributed by atoms with E-state index in [1.54, 1.807) is 12.4 Å². The third kappa shape index (κ3) is 5.49. The number of hydrogen-bond donors (Lipinski definition) is 3. The van der Waals surface area contributed by atoms with Crippen LogP contribution in [0.4, 0.5) is 0 Å². The van der Waals surface area contributed by atoms with Crippen molar-refractivity contribution in [2.75, 3.05) is 6.54 Å². The smallest absolute Gasteiger partial charge is 0.220 e. The van der Waals surface area contributed by atoms with Crippen LogP contribution in [0.2, 0.25) is 0 Å². The number of amides is 1. The summed E-state index contributed by atoms with van der Waals surface area (Å²) >= 11 is 0. The van der Waals surface area contributed by atoms with Crippen LogP contribution in [0.25, 0.3) is 0 Å². The van der Waals surface area contributed by atoms with Gasteiger partial charge in [0.25, 0.3) is 0 Å². The average Bonchev–Trinajstić information content (AvgIpc) is 2.76. The lowest BCUT2D eigenvalue weighted by atomic mass is 9.84. The lowest BCUT2D eigenvalue weighted by molar-refractivity contribution is -0.121. The summed E-state index contributed by atoms with van der Waals surface area (Å²) in [6.07, 6.45) is 5.75. The van der Waals surface area contributed by atoms with Gasteiger partial charge in [-0.05, 0) is 24.8 Å². The Kier molecular flexibility index (Phi) is 5.15. The number of aromatic amines is 1. The fraction of sp³-hybridized carbons (Fsp3) is 0.667. The van der Waals surface area contributed by atoms with Crippen molar-refractivity contribution in [3.05, 3.63) is 18.2 Å². The minimum absolute atomic E-state index is 0.0616. The van der Waals surface area contributed by atoms with Gasteiger partial charge in [-0.3, -0.25) is 4.79 Å². The maximum atomic E-state index is 11.6. The summed E-state index contributed by atoms with van der Waals surface area (Å²) in [5, 5.41) is 2.84. The summed E-state index contributed by atoms with van der Waals surface area (Å²) < 4.78 is 0. The van der Waals surface area contributed by atoms with Gasteiger partial charge in [0.15, 0.2) is 0 Å². The van der Waals surface area contributed by atoms with E-state index in [9.17, 15) is 4.79 Å². The third-order valence-electron chi connectivity index (χ3n) is 2.86. The number of imidazole rings is 1. The molecule has 96 valence electrons. The first-order valence-electron chi connectivity index (χ1n) is 5.98. The van der Waals surface area contributed by atoms with Gasteiger partial charge in [0.05, 0.1) is 6.54 Å². The first kappa shape index (κ1) is 13.7. The Balaban J connectivity index is 2.21. The molecule has 0 atom stereocenters. The second-order valence-electron chi connectivity index (χ2n) is 5.02. The van der Waals surface area contributed by atoms with Gasteiger partial charge in [0.1, 0.15) is 5.82 Å². The minimum atomic E-state index is 0.0616. The molecule has 0 aromatic carbocycles. The van der Waals surface area contributed by atoms with Crippen molar-refractivity contribution in [1.29, 1.82) is 0 Å². The van der Waals surface area contributed by atoms with Crippen molar-refractivity contribution >= 4 is 5.91 Å². The van der Waals surface area contributed by atoms with Crippen molar-refractivity contribution < 1.29 is 4.79 Å². The Labute approximate surface area is 102 Å². The lowest BCUT2D eigenvalue weighted by Gasteiger charge is -2.23. The van der Waals surface area contributed by atoms with Crippen molar-refractivity contribution in [3.63, 3.8) is 0 Å². The molecular weight excluding hydrogens is 216 g/mol. The molecule has 0 unspecified atom stereocenters. The summed E-state index contributed by atoms with van der Waals surface area (Å²) in [4.78, 5) is 18.6. The van der Waals surface area contributed by atoms with E-state index in [1.165, 1.54) is 0 Å². The topological polar surface area (TPSA) is 83.8 Å². The summed E-state index contributed by atoms with van der Waals surface area (Å²) in [5.41, 5.74) is 5.67. The number of nitrogens with one attached hydrogen (secondary N) is 2. The van der Waals surface area contributed by atoms with Crippen LogP contribution in [0, 0.1) is 5.41 Å². The number of nitrogens with two attached hydrogens (primary N) is 1. The molecule has 0 aliphatic heterocycles. The van der Waals surface area contributed by atoms with E-state index in [0.717, 1.165) is 18.7 Å². The number of aromatic nitrogens is 2. The molecule has 0 fully saturated rings. The lowest BCUT2D eigenvalue weighted by Crippen LogP contribution is -2.26. The van der Waals surface area contributed by atoms with Gasteiger partial charge in [-0.1, -0.05) is 13.8 Å². The molecule has 5 nitrogen and oxygen atoms in total. The standard InChI is InChI=1S/C12H22N4O/c1-12(2,5-6-13)4-3-11(17)16-9-10-14-7-8-15-10/h7-8H,3-6,9,13H2,1-2H3,(H,14,15)(H,16,17). The van der Waals surface area contributed by atoms with Crippen LogP contribution in [0.15, 0.2) is 12.4 Å². The van der Waals surface area contributed by atoms with E-state index in [4.69, 9.17) is 5.73 Å². The monoisotopic (exact) mass is 238 g/mol. The van der Waals surface area contributed by atoms with Crippen molar-refractivity contribution in [2.24, 2.45) is 11.1 Å². The second-order valence-corrected chi connectivity index (χ2v) is 5.02. The zero-order valence-electron chi connectivity index (χ0n) is 10.6. The quantitative estimate of drug-likeness (QED) is 0.667. The van der Waals surface area contributed by atoms with Crippen LogP contribution < -0.4 is 11.1 Å². The molecule has 1 aromatic heterocycles. The fourth-order valence-corrected chi connectivity index (χ4v) is 1.63. The van der Waals surface area contributed by atoms with Crippen LogP contribution in [0.3, 0.4) is 0 Å². The fourth-order valence-electron chi connectivity index (χ4n) is 1.63. The molecular formula is C12H22N4O. The number of carbonyl (C=O) groups excluding carboxylic acids is 1. The average molecular weight is 238 g/mol. The van der Waals surface area contributed by atoms with Gasteiger partial charge in [0.2, 0.25) is 5.91 Å². The van der Waals surface area contributed by atoms with Gasteiger partial charge in [0, 0.05) is 18.8 Å². The Morgan fingerprint density at radius 2 is 2.29 bits per heavy atom. The molecule has 1 aromatic rings. The molecule has 0 aliphatic rings. The molecule has 0 aliphatic carbocycles. The Hall–Kier alpha value is -1.36. The number of H-pyrrole nitrogens is 1. The molecule has 0 saturated heterocycles. The Morgan fingerprint density at radius 3 is 2.88 bits per heavy atom. The third-order valence-corrected chi connectivity index (χ3v) is 2.86. The zero-order valence-corrected chi connectivity index (χ0v) is 10.6. The van der Waals surface area contributed by atoms with E-state index in [-0.39, 0.29) is 11.3 Å². The summed E-state index contributed by atoms with van der Waals surface area (Å²) in [7, 11) is 0. The number of rotatable bonds is 7. The minimum Gasteiger partial charge on any atom is -0.349 e. The molecule has 1 amide bonds. The van der Waals surface area contributed by atoms with Crippen LogP contribution in [0.1, 0.15) is 38.9 Å². The highest BCUT2D eigenvalue weighted by Crippen LogP contribution is 2.25. The highest BCUT2D eigenvalue weighted by Gasteiger charge is 2.18. The predicted octanol–water partition coefficient (Wildman–Crippen LogP) is 1.18. The normalized spacial score (nSPS) is 11.5. The van der Waals surface area contributed by atoms with E-state index >= 15 is 0 Å². The number of carbonyl (C=O) groups is 1. The summed E-state index contributed by atoms with van der Waals surface area (Å²) in [6, 6.07) is 0. The number of nitrogens with zero attached hydrogens (tertiary/aromatic N) is 1. The molecule has 17 heavy (non-hydrogen) atoms. The molecule has 4 N–H and O–H groups in total. The molecule has 0 radical (unpaired) electrons. The SMILES string of the molecule is CC(C)(CCN)CCC(=O)NCc1ncc[nH]1. The molecule has 0 saturated carbocycles. The van der Waals surface area contributed by atoms with Gasteiger partial charge >= 0.3 is 0 Å². The van der Waals surface area contributed by atoms with Crippen molar-refractivity contribution in [2.45, 2.75) is 39.7 Å². The number of hydrogen-bond acceptors (Lipinski definition) is 3. The predicted molar refractivity (Wildman–Crippen MR) is 67.1 cm³/mol. The van der Waals surface area contributed by atoms with E-state index in [1.807, 2.05) is 0 Å². The first-order chi connectivity index (χ1) is 8.03. The van der Waals surface area contributed by atoms with E-state index < -0.39 is 0 Å². The summed E-state index contributed by atoms with van der Waals surface area (Å²) in [5.74, 6) is 0.839. The Bertz CT molecular complexity index is 332. The van der Waals surface area contributed by atoms with Crippen molar-refractivity contribution in [3.8, 4) is 0 Å². The van der Waals surface area contributed by atoms with Gasteiger partial charge < -0.3 is 16.0 Å². The summed E-state index contributed by atoms with van der Waals surface area (Å²) in [6.45, 7) is 5.41. The Morgan fingerprint density at radius 1 is 1.53 bits per heavy atom. The maximum Gasteiger partial charge on any atom is 0.220 e. The van der Waals surface area contributed by atoms with E-state index in [2.05, 4.69) is 29.1 Å². The maximum absolute atomic E-state index is 11.6. The van der Waals surface area contributed by atoms with E-state index in [0.29, 0.717) is 19.5 Å². The molecule has 0 bridgehead atoms.